The van der Waals surface area contributed by atoms with Gasteiger partial charge in [0.1, 0.15) is 0 Å². The van der Waals surface area contributed by atoms with Gasteiger partial charge < -0.3 is 10.4 Å². The van der Waals surface area contributed by atoms with E-state index in [1.54, 1.807) is 6.92 Å². The molecule has 0 saturated carbocycles. The normalized spacial score (nSPS) is 13.4. The van der Waals surface area contributed by atoms with Crippen molar-refractivity contribution in [1.29, 1.82) is 0 Å². The molecule has 0 aromatic carbocycles. The molecule has 14 heavy (non-hydrogen) atoms. The van der Waals surface area contributed by atoms with Crippen molar-refractivity contribution < 1.29 is 14.7 Å². The number of carbonyl (C=O) groups is 2. The largest absolute Gasteiger partial charge is 0.481 e. The van der Waals surface area contributed by atoms with Gasteiger partial charge in [0.15, 0.2) is 0 Å². The van der Waals surface area contributed by atoms with Crippen LogP contribution in [-0.2, 0) is 9.59 Å². The molecule has 4 heteroatoms. The lowest BCUT2D eigenvalue weighted by molar-refractivity contribution is -0.140. The lowest BCUT2D eigenvalue weighted by Gasteiger charge is -2.20. The minimum absolute atomic E-state index is 0.0264. The van der Waals surface area contributed by atoms with Crippen LogP contribution in [0, 0.1) is 11.3 Å². The summed E-state index contributed by atoms with van der Waals surface area (Å²) in [6.07, 6.45) is -0.115. The molecule has 0 rings (SSSR count). The fourth-order valence-electron chi connectivity index (χ4n) is 0.881. The number of amides is 1. The maximum atomic E-state index is 11.4. The molecule has 0 aliphatic heterocycles. The first kappa shape index (κ1) is 12.9. The van der Waals surface area contributed by atoms with E-state index in [-0.39, 0.29) is 17.7 Å². The van der Waals surface area contributed by atoms with Crippen LogP contribution in [0.5, 0.6) is 0 Å². The Hall–Kier alpha value is -1.06. The Morgan fingerprint density at radius 2 is 1.86 bits per heavy atom. The van der Waals surface area contributed by atoms with Crippen LogP contribution in [0.15, 0.2) is 0 Å². The van der Waals surface area contributed by atoms with Crippen molar-refractivity contribution in [1.82, 2.24) is 5.32 Å². The summed E-state index contributed by atoms with van der Waals surface area (Å²) in [4.78, 5) is 21.7. The van der Waals surface area contributed by atoms with E-state index in [2.05, 4.69) is 5.32 Å². The van der Waals surface area contributed by atoms with E-state index < -0.39 is 11.9 Å². The number of carboxylic acids is 1. The molecule has 1 amide bonds. The Kier molecular flexibility index (Phi) is 4.60. The SMILES string of the molecule is CC(CC(=O)O)C(=O)NCC(C)(C)C. The molecule has 1 unspecified atom stereocenters. The maximum absolute atomic E-state index is 11.4. The van der Waals surface area contributed by atoms with E-state index in [0.29, 0.717) is 6.54 Å². The van der Waals surface area contributed by atoms with Crippen LogP contribution in [-0.4, -0.2) is 23.5 Å². The van der Waals surface area contributed by atoms with E-state index in [0.717, 1.165) is 0 Å². The summed E-state index contributed by atoms with van der Waals surface area (Å²) >= 11 is 0. The van der Waals surface area contributed by atoms with Gasteiger partial charge in [0.05, 0.1) is 6.42 Å². The summed E-state index contributed by atoms with van der Waals surface area (Å²) in [6, 6.07) is 0. The minimum atomic E-state index is -0.941. The topological polar surface area (TPSA) is 66.4 Å². The summed E-state index contributed by atoms with van der Waals surface area (Å²) in [5.74, 6) is -1.60. The molecule has 0 bridgehead atoms. The molecule has 0 aromatic rings. The lowest BCUT2D eigenvalue weighted by Crippen LogP contribution is -2.36. The maximum Gasteiger partial charge on any atom is 0.304 e. The lowest BCUT2D eigenvalue weighted by atomic mass is 9.96. The highest BCUT2D eigenvalue weighted by atomic mass is 16.4. The average molecular weight is 201 g/mol. The van der Waals surface area contributed by atoms with Gasteiger partial charge in [-0.2, -0.15) is 0 Å². The minimum Gasteiger partial charge on any atom is -0.481 e. The molecule has 2 N–H and O–H groups in total. The number of hydrogen-bond acceptors (Lipinski definition) is 2. The molecule has 0 aliphatic rings. The number of hydrogen-bond donors (Lipinski definition) is 2. The third-order valence-corrected chi connectivity index (χ3v) is 1.72. The first-order chi connectivity index (χ1) is 6.22. The molecule has 82 valence electrons. The molecule has 0 aliphatic carbocycles. The Bertz CT molecular complexity index is 218. The van der Waals surface area contributed by atoms with Crippen molar-refractivity contribution in [2.45, 2.75) is 34.1 Å². The summed E-state index contributed by atoms with van der Waals surface area (Å²) in [5.41, 5.74) is 0.0264. The standard InChI is InChI=1S/C10H19NO3/c1-7(5-8(12)13)9(14)11-6-10(2,3)4/h7H,5-6H2,1-4H3,(H,11,14)(H,12,13). The Labute approximate surface area is 84.7 Å². The third-order valence-electron chi connectivity index (χ3n) is 1.72. The summed E-state index contributed by atoms with van der Waals surface area (Å²) in [6.45, 7) is 8.21. The van der Waals surface area contributed by atoms with Gasteiger partial charge in [-0.15, -0.1) is 0 Å². The Morgan fingerprint density at radius 1 is 1.36 bits per heavy atom. The Balaban J connectivity index is 3.91. The van der Waals surface area contributed by atoms with E-state index in [9.17, 15) is 9.59 Å². The molecule has 4 nitrogen and oxygen atoms in total. The second kappa shape index (κ2) is 4.98. The second-order valence-corrected chi connectivity index (χ2v) is 4.78. The smallest absolute Gasteiger partial charge is 0.304 e. The molecule has 0 spiro atoms. The fraction of sp³-hybridized carbons (Fsp3) is 0.800. The number of aliphatic carboxylic acids is 1. The van der Waals surface area contributed by atoms with Crippen LogP contribution in [0.2, 0.25) is 0 Å². The quantitative estimate of drug-likeness (QED) is 0.719. The van der Waals surface area contributed by atoms with Gasteiger partial charge in [-0.25, -0.2) is 0 Å². The first-order valence-electron chi connectivity index (χ1n) is 4.72. The molecule has 0 fully saturated rings. The molecular weight excluding hydrogens is 182 g/mol. The molecule has 1 atom stereocenters. The molecule has 0 saturated heterocycles. The summed E-state index contributed by atoms with van der Waals surface area (Å²) in [5, 5.41) is 11.2. The van der Waals surface area contributed by atoms with Crippen LogP contribution in [0.25, 0.3) is 0 Å². The van der Waals surface area contributed by atoms with Crippen LogP contribution < -0.4 is 5.32 Å². The molecule has 0 radical (unpaired) electrons. The number of rotatable bonds is 4. The Morgan fingerprint density at radius 3 is 2.21 bits per heavy atom. The summed E-state index contributed by atoms with van der Waals surface area (Å²) < 4.78 is 0. The number of carbonyl (C=O) groups excluding carboxylic acids is 1. The van der Waals surface area contributed by atoms with E-state index in [1.165, 1.54) is 0 Å². The van der Waals surface area contributed by atoms with Gasteiger partial charge in [0, 0.05) is 12.5 Å². The van der Waals surface area contributed by atoms with Crippen molar-refractivity contribution in [2.24, 2.45) is 11.3 Å². The highest BCUT2D eigenvalue weighted by Crippen LogP contribution is 2.11. The third kappa shape index (κ3) is 6.46. The van der Waals surface area contributed by atoms with Crippen molar-refractivity contribution in [3.8, 4) is 0 Å². The highest BCUT2D eigenvalue weighted by Gasteiger charge is 2.18. The van der Waals surface area contributed by atoms with E-state index >= 15 is 0 Å². The molecular formula is C10H19NO3. The second-order valence-electron chi connectivity index (χ2n) is 4.78. The van der Waals surface area contributed by atoms with Gasteiger partial charge in [-0.1, -0.05) is 27.7 Å². The van der Waals surface area contributed by atoms with Crippen LogP contribution >= 0.6 is 0 Å². The van der Waals surface area contributed by atoms with Crippen LogP contribution in [0.1, 0.15) is 34.1 Å². The molecule has 0 heterocycles. The number of nitrogens with one attached hydrogen (secondary N) is 1. The van der Waals surface area contributed by atoms with Crippen molar-refractivity contribution in [3.05, 3.63) is 0 Å². The zero-order valence-corrected chi connectivity index (χ0v) is 9.26. The zero-order valence-electron chi connectivity index (χ0n) is 9.26. The van der Waals surface area contributed by atoms with E-state index in [1.807, 2.05) is 20.8 Å². The monoisotopic (exact) mass is 201 g/mol. The van der Waals surface area contributed by atoms with E-state index in [4.69, 9.17) is 5.11 Å². The fourth-order valence-corrected chi connectivity index (χ4v) is 0.881. The van der Waals surface area contributed by atoms with Gasteiger partial charge in [0.25, 0.3) is 0 Å². The molecule has 0 aromatic heterocycles. The highest BCUT2D eigenvalue weighted by molar-refractivity contribution is 5.82. The number of carboxylic acid groups (broad SMARTS) is 1. The predicted octanol–water partition coefficient (Wildman–Crippen LogP) is 1.26. The summed E-state index contributed by atoms with van der Waals surface area (Å²) in [7, 11) is 0. The van der Waals surface area contributed by atoms with Crippen molar-refractivity contribution >= 4 is 11.9 Å². The van der Waals surface area contributed by atoms with Crippen molar-refractivity contribution in [3.63, 3.8) is 0 Å². The van der Waals surface area contributed by atoms with Gasteiger partial charge in [-0.3, -0.25) is 9.59 Å². The zero-order chi connectivity index (χ0) is 11.4. The van der Waals surface area contributed by atoms with Crippen LogP contribution in [0.4, 0.5) is 0 Å². The van der Waals surface area contributed by atoms with Crippen LogP contribution in [0.3, 0.4) is 0 Å². The van der Waals surface area contributed by atoms with Crippen molar-refractivity contribution in [2.75, 3.05) is 6.54 Å². The first-order valence-corrected chi connectivity index (χ1v) is 4.72. The van der Waals surface area contributed by atoms with Gasteiger partial charge in [-0.05, 0) is 5.41 Å². The van der Waals surface area contributed by atoms with Gasteiger partial charge in [0.2, 0.25) is 5.91 Å². The average Bonchev–Trinajstić information content (AvgIpc) is 1.97. The van der Waals surface area contributed by atoms with Gasteiger partial charge >= 0.3 is 5.97 Å². The predicted molar refractivity (Wildman–Crippen MR) is 53.9 cm³/mol.